The third kappa shape index (κ3) is 3.08. The zero-order valence-corrected chi connectivity index (χ0v) is 12.3. The number of hydrogen-bond donors (Lipinski definition) is 0. The first-order valence-electron chi connectivity index (χ1n) is 6.89. The normalized spacial score (nSPS) is 13.0. The molecule has 0 N–H and O–H groups in total. The third-order valence-corrected chi connectivity index (χ3v) is 3.57. The maximum absolute atomic E-state index is 12.5. The summed E-state index contributed by atoms with van der Waals surface area (Å²) in [4.78, 5) is 14.6. The van der Waals surface area contributed by atoms with Crippen LogP contribution in [-0.2, 0) is 4.74 Å². The van der Waals surface area contributed by atoms with E-state index in [4.69, 9.17) is 9.15 Å². The molecule has 0 bridgehead atoms. The van der Waals surface area contributed by atoms with E-state index >= 15 is 0 Å². The summed E-state index contributed by atoms with van der Waals surface area (Å²) in [7, 11) is 1.68. The number of nitrogens with zero attached hydrogens (tertiary/aromatic N) is 1. The van der Waals surface area contributed by atoms with E-state index in [-0.39, 0.29) is 11.8 Å². The molecule has 0 aliphatic carbocycles. The zero-order valence-electron chi connectivity index (χ0n) is 12.3. The predicted octanol–water partition coefficient (Wildman–Crippen LogP) is 2.97. The van der Waals surface area contributed by atoms with Crippen LogP contribution in [0.25, 0.3) is 11.0 Å². The number of hydrogen-bond acceptors (Lipinski definition) is 4. The first-order valence-corrected chi connectivity index (χ1v) is 6.89. The van der Waals surface area contributed by atoms with Gasteiger partial charge in [0, 0.05) is 18.5 Å². The SMILES string of the molecule is CCN(CC(=O)c1coc2ccccc12)C(C)COC. The van der Waals surface area contributed by atoms with Crippen molar-refractivity contribution in [2.75, 3.05) is 26.8 Å². The molecule has 20 heavy (non-hydrogen) atoms. The van der Waals surface area contributed by atoms with Crippen molar-refractivity contribution in [3.8, 4) is 0 Å². The lowest BCUT2D eigenvalue weighted by atomic mass is 10.1. The minimum atomic E-state index is 0.0831. The molecule has 1 unspecified atom stereocenters. The van der Waals surface area contributed by atoms with Gasteiger partial charge in [-0.25, -0.2) is 0 Å². The van der Waals surface area contributed by atoms with Crippen molar-refractivity contribution in [1.82, 2.24) is 4.90 Å². The number of methoxy groups -OCH3 is 1. The fraction of sp³-hybridized carbons (Fsp3) is 0.438. The maximum Gasteiger partial charge on any atom is 0.180 e. The minimum Gasteiger partial charge on any atom is -0.464 e. The van der Waals surface area contributed by atoms with E-state index < -0.39 is 0 Å². The molecule has 2 rings (SSSR count). The number of carbonyl (C=O) groups is 1. The van der Waals surface area contributed by atoms with Gasteiger partial charge in [0.15, 0.2) is 5.78 Å². The molecule has 1 aromatic carbocycles. The number of ketones is 1. The minimum absolute atomic E-state index is 0.0831. The number of ether oxygens (including phenoxy) is 1. The highest BCUT2D eigenvalue weighted by atomic mass is 16.5. The van der Waals surface area contributed by atoms with Gasteiger partial charge in [-0.15, -0.1) is 0 Å². The topological polar surface area (TPSA) is 42.7 Å². The second-order valence-electron chi connectivity index (χ2n) is 4.94. The molecule has 0 saturated heterocycles. The lowest BCUT2D eigenvalue weighted by molar-refractivity contribution is 0.0788. The quantitative estimate of drug-likeness (QED) is 0.729. The largest absolute Gasteiger partial charge is 0.464 e. The van der Waals surface area contributed by atoms with Gasteiger partial charge in [-0.1, -0.05) is 25.1 Å². The fourth-order valence-electron chi connectivity index (χ4n) is 2.39. The van der Waals surface area contributed by atoms with Gasteiger partial charge in [-0.2, -0.15) is 0 Å². The van der Waals surface area contributed by atoms with Gasteiger partial charge < -0.3 is 9.15 Å². The van der Waals surface area contributed by atoms with Gasteiger partial charge in [-0.3, -0.25) is 9.69 Å². The number of fused-ring (bicyclic) bond motifs is 1. The molecule has 108 valence electrons. The van der Waals surface area contributed by atoms with Crippen molar-refractivity contribution in [3.05, 3.63) is 36.1 Å². The summed E-state index contributed by atoms with van der Waals surface area (Å²) in [6.45, 7) is 5.92. The highest BCUT2D eigenvalue weighted by Gasteiger charge is 2.19. The van der Waals surface area contributed by atoms with Gasteiger partial charge in [0.05, 0.1) is 18.7 Å². The van der Waals surface area contributed by atoms with Crippen LogP contribution in [-0.4, -0.2) is 43.5 Å². The number of Topliss-reactive ketones (excluding diaryl/α,β-unsaturated/α-hetero) is 1. The van der Waals surface area contributed by atoms with Gasteiger partial charge >= 0.3 is 0 Å². The average molecular weight is 275 g/mol. The Morgan fingerprint density at radius 3 is 2.85 bits per heavy atom. The van der Waals surface area contributed by atoms with Crippen LogP contribution in [0.3, 0.4) is 0 Å². The maximum atomic E-state index is 12.5. The lowest BCUT2D eigenvalue weighted by Gasteiger charge is -2.26. The van der Waals surface area contributed by atoms with Gasteiger partial charge in [0.25, 0.3) is 0 Å². The standard InChI is InChI=1S/C16H21NO3/c1-4-17(12(2)10-19-3)9-15(18)14-11-20-16-8-6-5-7-13(14)16/h5-8,11-12H,4,9-10H2,1-3H3. The average Bonchev–Trinajstić information content (AvgIpc) is 2.88. The Kier molecular flexibility index (Phi) is 4.93. The monoisotopic (exact) mass is 275 g/mol. The van der Waals surface area contributed by atoms with Crippen LogP contribution in [0.15, 0.2) is 34.9 Å². The molecule has 0 spiro atoms. The first-order chi connectivity index (χ1) is 9.67. The zero-order chi connectivity index (χ0) is 14.5. The fourth-order valence-corrected chi connectivity index (χ4v) is 2.39. The van der Waals surface area contributed by atoms with Crippen molar-refractivity contribution in [3.63, 3.8) is 0 Å². The van der Waals surface area contributed by atoms with Crippen molar-refractivity contribution in [2.45, 2.75) is 19.9 Å². The predicted molar refractivity (Wildman–Crippen MR) is 79.1 cm³/mol. The number of carbonyl (C=O) groups excluding carboxylic acids is 1. The number of rotatable bonds is 7. The molecule has 0 aliphatic rings. The van der Waals surface area contributed by atoms with Crippen molar-refractivity contribution in [2.24, 2.45) is 0 Å². The molecular weight excluding hydrogens is 254 g/mol. The van der Waals surface area contributed by atoms with E-state index in [0.717, 1.165) is 17.5 Å². The molecule has 4 nitrogen and oxygen atoms in total. The second-order valence-corrected chi connectivity index (χ2v) is 4.94. The van der Waals surface area contributed by atoms with E-state index in [2.05, 4.69) is 11.8 Å². The highest BCUT2D eigenvalue weighted by molar-refractivity contribution is 6.08. The summed E-state index contributed by atoms with van der Waals surface area (Å²) in [5, 5.41) is 0.882. The summed E-state index contributed by atoms with van der Waals surface area (Å²) < 4.78 is 10.6. The smallest absolute Gasteiger partial charge is 0.180 e. The van der Waals surface area contributed by atoms with E-state index in [9.17, 15) is 4.79 Å². The Balaban J connectivity index is 2.14. The molecule has 1 aromatic heterocycles. The Bertz CT molecular complexity index is 576. The van der Waals surface area contributed by atoms with Crippen LogP contribution < -0.4 is 0 Å². The van der Waals surface area contributed by atoms with Crippen molar-refractivity contribution < 1.29 is 13.9 Å². The summed E-state index contributed by atoms with van der Waals surface area (Å²) in [6, 6.07) is 7.82. The summed E-state index contributed by atoms with van der Waals surface area (Å²) in [5.41, 5.74) is 1.41. The van der Waals surface area contributed by atoms with Crippen LogP contribution in [0.4, 0.5) is 0 Å². The number of para-hydroxylation sites is 1. The van der Waals surface area contributed by atoms with Crippen LogP contribution >= 0.6 is 0 Å². The first kappa shape index (κ1) is 14.8. The lowest BCUT2D eigenvalue weighted by Crippen LogP contribution is -2.39. The van der Waals surface area contributed by atoms with E-state index in [1.54, 1.807) is 13.4 Å². The van der Waals surface area contributed by atoms with E-state index in [0.29, 0.717) is 18.7 Å². The van der Waals surface area contributed by atoms with Gasteiger partial charge in [0.1, 0.15) is 11.8 Å². The van der Waals surface area contributed by atoms with E-state index in [1.807, 2.05) is 31.2 Å². The van der Waals surface area contributed by atoms with Crippen LogP contribution in [0.5, 0.6) is 0 Å². The Morgan fingerprint density at radius 2 is 2.15 bits per heavy atom. The summed E-state index contributed by atoms with van der Waals surface area (Å²) >= 11 is 0. The van der Waals surface area contributed by atoms with Crippen LogP contribution in [0.2, 0.25) is 0 Å². The summed E-state index contributed by atoms with van der Waals surface area (Å²) in [5.74, 6) is 0.0831. The molecule has 0 radical (unpaired) electrons. The van der Waals surface area contributed by atoms with Crippen molar-refractivity contribution in [1.29, 1.82) is 0 Å². The number of benzene rings is 1. The Labute approximate surface area is 119 Å². The van der Waals surface area contributed by atoms with Crippen molar-refractivity contribution >= 4 is 16.8 Å². The van der Waals surface area contributed by atoms with Gasteiger partial charge in [0.2, 0.25) is 0 Å². The molecule has 4 heteroatoms. The van der Waals surface area contributed by atoms with Gasteiger partial charge in [-0.05, 0) is 19.5 Å². The number of likely N-dealkylation sites (N-methyl/N-ethyl adjacent to an activating group) is 1. The van der Waals surface area contributed by atoms with E-state index in [1.165, 1.54) is 0 Å². The number of furan rings is 1. The van der Waals surface area contributed by atoms with Crippen LogP contribution in [0.1, 0.15) is 24.2 Å². The summed E-state index contributed by atoms with van der Waals surface area (Å²) in [6.07, 6.45) is 1.56. The molecule has 0 saturated carbocycles. The molecule has 0 fully saturated rings. The molecule has 1 heterocycles. The molecule has 0 aliphatic heterocycles. The molecular formula is C16H21NO3. The third-order valence-electron chi connectivity index (χ3n) is 3.57. The van der Waals surface area contributed by atoms with Crippen LogP contribution in [0, 0.1) is 0 Å². The molecule has 2 aromatic rings. The second kappa shape index (κ2) is 6.68. The molecule has 1 atom stereocenters. The molecule has 0 amide bonds. The Hall–Kier alpha value is -1.65. The highest BCUT2D eigenvalue weighted by Crippen LogP contribution is 2.21. The Morgan fingerprint density at radius 1 is 1.40 bits per heavy atom.